The van der Waals surface area contributed by atoms with Crippen molar-refractivity contribution in [2.75, 3.05) is 6.54 Å². The van der Waals surface area contributed by atoms with Crippen LogP contribution in [0.1, 0.15) is 31.7 Å². The number of rotatable bonds is 5. The van der Waals surface area contributed by atoms with E-state index in [2.05, 4.69) is 26.6 Å². The van der Waals surface area contributed by atoms with Crippen molar-refractivity contribution in [2.24, 2.45) is 0 Å². The van der Waals surface area contributed by atoms with Crippen molar-refractivity contribution in [3.05, 3.63) is 34.1 Å². The van der Waals surface area contributed by atoms with E-state index in [0.29, 0.717) is 23.4 Å². The van der Waals surface area contributed by atoms with Gasteiger partial charge in [0.2, 0.25) is 5.91 Å². The lowest BCUT2D eigenvalue weighted by Gasteiger charge is -2.16. The summed E-state index contributed by atoms with van der Waals surface area (Å²) in [5.41, 5.74) is 1.00. The molecule has 6 heteroatoms. The molecular formula is C15H21BrClFN2O. The SMILES string of the molecule is CC(Cc1ccc(F)c(Br)c1)NC(=O)CC1CCCN1.Cl. The Morgan fingerprint density at radius 3 is 2.95 bits per heavy atom. The Kier molecular flexibility index (Phi) is 7.63. The van der Waals surface area contributed by atoms with Crippen molar-refractivity contribution in [2.45, 2.75) is 44.7 Å². The Labute approximate surface area is 139 Å². The molecule has 2 atom stereocenters. The van der Waals surface area contributed by atoms with E-state index in [1.54, 1.807) is 12.1 Å². The lowest BCUT2D eigenvalue weighted by Crippen LogP contribution is -2.37. The lowest BCUT2D eigenvalue weighted by atomic mass is 10.1. The molecule has 0 bridgehead atoms. The summed E-state index contributed by atoms with van der Waals surface area (Å²) in [6, 6.07) is 5.32. The molecule has 2 rings (SSSR count). The number of halogens is 3. The number of carbonyl (C=O) groups excluding carboxylic acids is 1. The van der Waals surface area contributed by atoms with Gasteiger partial charge in [-0.3, -0.25) is 4.79 Å². The monoisotopic (exact) mass is 378 g/mol. The molecule has 2 N–H and O–H groups in total. The lowest BCUT2D eigenvalue weighted by molar-refractivity contribution is -0.122. The highest BCUT2D eigenvalue weighted by atomic mass is 79.9. The molecule has 1 aliphatic heterocycles. The average molecular weight is 380 g/mol. The highest BCUT2D eigenvalue weighted by Crippen LogP contribution is 2.18. The van der Waals surface area contributed by atoms with Crippen LogP contribution in [0.3, 0.4) is 0 Å². The zero-order chi connectivity index (χ0) is 14.5. The van der Waals surface area contributed by atoms with Crippen LogP contribution in [0.15, 0.2) is 22.7 Å². The Hall–Kier alpha value is -0.650. The number of carbonyl (C=O) groups is 1. The van der Waals surface area contributed by atoms with E-state index in [9.17, 15) is 9.18 Å². The molecule has 118 valence electrons. The fourth-order valence-electron chi connectivity index (χ4n) is 2.56. The van der Waals surface area contributed by atoms with Gasteiger partial charge in [-0.05, 0) is 66.4 Å². The van der Waals surface area contributed by atoms with E-state index in [4.69, 9.17) is 0 Å². The average Bonchev–Trinajstić information content (AvgIpc) is 2.86. The summed E-state index contributed by atoms with van der Waals surface area (Å²) >= 11 is 3.17. The fraction of sp³-hybridized carbons (Fsp3) is 0.533. The van der Waals surface area contributed by atoms with Crippen molar-refractivity contribution in [1.82, 2.24) is 10.6 Å². The molecule has 1 heterocycles. The molecule has 21 heavy (non-hydrogen) atoms. The molecule has 3 nitrogen and oxygen atoms in total. The van der Waals surface area contributed by atoms with Crippen LogP contribution in [0.4, 0.5) is 4.39 Å². The van der Waals surface area contributed by atoms with Crippen molar-refractivity contribution in [3.8, 4) is 0 Å². The largest absolute Gasteiger partial charge is 0.353 e. The first-order valence-electron chi connectivity index (χ1n) is 7.01. The van der Waals surface area contributed by atoms with Gasteiger partial charge in [-0.25, -0.2) is 4.39 Å². The van der Waals surface area contributed by atoms with Gasteiger partial charge in [-0.15, -0.1) is 12.4 Å². The van der Waals surface area contributed by atoms with Crippen molar-refractivity contribution >= 4 is 34.2 Å². The van der Waals surface area contributed by atoms with E-state index in [1.165, 1.54) is 6.07 Å². The maximum atomic E-state index is 13.2. The molecule has 1 aliphatic rings. The molecule has 0 spiro atoms. The van der Waals surface area contributed by atoms with E-state index in [-0.39, 0.29) is 30.2 Å². The predicted octanol–water partition coefficient (Wildman–Crippen LogP) is 3.20. The molecule has 1 aromatic carbocycles. The Balaban J connectivity index is 0.00000220. The third-order valence-corrected chi connectivity index (χ3v) is 4.14. The summed E-state index contributed by atoms with van der Waals surface area (Å²) in [7, 11) is 0. The molecule has 1 aromatic rings. The third kappa shape index (κ3) is 5.93. The van der Waals surface area contributed by atoms with Gasteiger partial charge < -0.3 is 10.6 Å². The molecule has 1 amide bonds. The quantitative estimate of drug-likeness (QED) is 0.825. The van der Waals surface area contributed by atoms with E-state index < -0.39 is 0 Å². The van der Waals surface area contributed by atoms with Gasteiger partial charge in [0.05, 0.1) is 4.47 Å². The zero-order valence-electron chi connectivity index (χ0n) is 12.0. The van der Waals surface area contributed by atoms with Crippen LogP contribution >= 0.6 is 28.3 Å². The summed E-state index contributed by atoms with van der Waals surface area (Å²) in [5, 5.41) is 6.32. The van der Waals surface area contributed by atoms with Crippen LogP contribution < -0.4 is 10.6 Å². The number of nitrogens with one attached hydrogen (secondary N) is 2. The van der Waals surface area contributed by atoms with E-state index in [1.807, 2.05) is 6.92 Å². The highest BCUT2D eigenvalue weighted by molar-refractivity contribution is 9.10. The summed E-state index contributed by atoms with van der Waals surface area (Å²) in [4.78, 5) is 11.9. The van der Waals surface area contributed by atoms with Crippen molar-refractivity contribution < 1.29 is 9.18 Å². The van der Waals surface area contributed by atoms with Crippen LogP contribution in [-0.4, -0.2) is 24.5 Å². The number of amides is 1. The fourth-order valence-corrected chi connectivity index (χ4v) is 2.99. The van der Waals surface area contributed by atoms with Crippen LogP contribution in [0.2, 0.25) is 0 Å². The minimum atomic E-state index is -0.266. The summed E-state index contributed by atoms with van der Waals surface area (Å²) in [5.74, 6) is -0.184. The van der Waals surface area contributed by atoms with Gasteiger partial charge in [-0.2, -0.15) is 0 Å². The van der Waals surface area contributed by atoms with Crippen LogP contribution in [0.5, 0.6) is 0 Å². The van der Waals surface area contributed by atoms with E-state index >= 15 is 0 Å². The zero-order valence-corrected chi connectivity index (χ0v) is 14.4. The predicted molar refractivity (Wildman–Crippen MR) is 88.3 cm³/mol. The normalized spacial score (nSPS) is 18.9. The molecule has 0 radical (unpaired) electrons. The maximum Gasteiger partial charge on any atom is 0.221 e. The van der Waals surface area contributed by atoms with E-state index in [0.717, 1.165) is 24.9 Å². The van der Waals surface area contributed by atoms with Crippen molar-refractivity contribution in [3.63, 3.8) is 0 Å². The minimum Gasteiger partial charge on any atom is -0.353 e. The second-order valence-electron chi connectivity index (χ2n) is 5.42. The van der Waals surface area contributed by atoms with Crippen molar-refractivity contribution in [1.29, 1.82) is 0 Å². The molecule has 0 aliphatic carbocycles. The first-order valence-corrected chi connectivity index (χ1v) is 7.80. The summed E-state index contributed by atoms with van der Waals surface area (Å²) in [6.07, 6.45) is 3.46. The smallest absolute Gasteiger partial charge is 0.221 e. The third-order valence-electron chi connectivity index (χ3n) is 3.53. The standard InChI is InChI=1S/C15H20BrFN2O.ClH/c1-10(7-11-4-5-14(17)13(16)8-11)19-15(20)9-12-3-2-6-18-12;/h4-5,8,10,12,18H,2-3,6-7,9H2,1H3,(H,19,20);1H. The molecule has 2 unspecified atom stereocenters. The summed E-state index contributed by atoms with van der Waals surface area (Å²) < 4.78 is 13.6. The summed E-state index contributed by atoms with van der Waals surface area (Å²) in [6.45, 7) is 2.98. The first-order chi connectivity index (χ1) is 9.54. The highest BCUT2D eigenvalue weighted by Gasteiger charge is 2.18. The second kappa shape index (κ2) is 8.71. The number of hydrogen-bond donors (Lipinski definition) is 2. The number of hydrogen-bond acceptors (Lipinski definition) is 2. The minimum absolute atomic E-state index is 0. The second-order valence-corrected chi connectivity index (χ2v) is 6.27. The van der Waals surface area contributed by atoms with Gasteiger partial charge in [0.1, 0.15) is 5.82 Å². The van der Waals surface area contributed by atoms with Crippen LogP contribution in [0.25, 0.3) is 0 Å². The molecule has 0 aromatic heterocycles. The van der Waals surface area contributed by atoms with Gasteiger partial charge in [0.15, 0.2) is 0 Å². The topological polar surface area (TPSA) is 41.1 Å². The van der Waals surface area contributed by atoms with Gasteiger partial charge in [-0.1, -0.05) is 6.07 Å². The Morgan fingerprint density at radius 1 is 1.57 bits per heavy atom. The molecule has 0 saturated carbocycles. The number of benzene rings is 1. The Morgan fingerprint density at radius 2 is 2.33 bits per heavy atom. The molecule has 1 fully saturated rings. The van der Waals surface area contributed by atoms with Gasteiger partial charge in [0.25, 0.3) is 0 Å². The van der Waals surface area contributed by atoms with Gasteiger partial charge in [0, 0.05) is 18.5 Å². The first kappa shape index (κ1) is 18.4. The maximum absolute atomic E-state index is 13.2. The van der Waals surface area contributed by atoms with Crippen LogP contribution in [0, 0.1) is 5.82 Å². The van der Waals surface area contributed by atoms with Crippen LogP contribution in [-0.2, 0) is 11.2 Å². The van der Waals surface area contributed by atoms with Gasteiger partial charge >= 0.3 is 0 Å². The Bertz CT molecular complexity index is 481. The molecule has 1 saturated heterocycles. The molecular weight excluding hydrogens is 359 g/mol.